The molecular formula is C12H19N5O3. The SMILES string of the molecule is COCCOCCCn1c(N)nc2c(OC)ncnc21. The predicted octanol–water partition coefficient (Wildman–Crippen LogP) is 0.470. The lowest BCUT2D eigenvalue weighted by Gasteiger charge is -2.06. The molecule has 0 aliphatic rings. The number of nitrogens with two attached hydrogens (primary N) is 1. The molecule has 0 atom stereocenters. The molecule has 0 aliphatic heterocycles. The highest BCUT2D eigenvalue weighted by atomic mass is 16.5. The Balaban J connectivity index is 2.01. The second-order valence-corrected chi connectivity index (χ2v) is 4.14. The zero-order valence-electron chi connectivity index (χ0n) is 11.7. The minimum absolute atomic E-state index is 0.399. The number of rotatable bonds is 8. The van der Waals surface area contributed by atoms with Gasteiger partial charge >= 0.3 is 0 Å². The smallest absolute Gasteiger partial charge is 0.245 e. The number of hydrogen-bond acceptors (Lipinski definition) is 7. The Hall–Kier alpha value is -1.93. The van der Waals surface area contributed by atoms with Gasteiger partial charge in [-0.2, -0.15) is 4.98 Å². The summed E-state index contributed by atoms with van der Waals surface area (Å²) in [4.78, 5) is 12.5. The summed E-state index contributed by atoms with van der Waals surface area (Å²) in [6.45, 7) is 2.49. The van der Waals surface area contributed by atoms with Gasteiger partial charge in [-0.05, 0) is 6.42 Å². The van der Waals surface area contributed by atoms with Gasteiger partial charge in [0.05, 0.1) is 20.3 Å². The molecule has 0 fully saturated rings. The molecule has 8 nitrogen and oxygen atoms in total. The molecule has 2 aromatic heterocycles. The molecule has 2 rings (SSSR count). The number of methoxy groups -OCH3 is 2. The van der Waals surface area contributed by atoms with Crippen LogP contribution < -0.4 is 10.5 Å². The highest BCUT2D eigenvalue weighted by Crippen LogP contribution is 2.22. The fourth-order valence-electron chi connectivity index (χ4n) is 1.87. The summed E-state index contributed by atoms with van der Waals surface area (Å²) in [5.74, 6) is 0.826. The number of ether oxygens (including phenoxy) is 3. The van der Waals surface area contributed by atoms with Gasteiger partial charge in [0, 0.05) is 20.3 Å². The van der Waals surface area contributed by atoms with Crippen LogP contribution in [-0.2, 0) is 16.0 Å². The van der Waals surface area contributed by atoms with E-state index in [1.54, 1.807) is 14.2 Å². The third-order valence-electron chi connectivity index (χ3n) is 2.82. The molecule has 0 saturated carbocycles. The second-order valence-electron chi connectivity index (χ2n) is 4.14. The van der Waals surface area contributed by atoms with Crippen molar-refractivity contribution in [1.82, 2.24) is 19.5 Å². The number of anilines is 1. The van der Waals surface area contributed by atoms with Gasteiger partial charge in [0.2, 0.25) is 11.8 Å². The Morgan fingerprint density at radius 3 is 2.80 bits per heavy atom. The predicted molar refractivity (Wildman–Crippen MR) is 73.6 cm³/mol. The van der Waals surface area contributed by atoms with Crippen LogP contribution in [0.2, 0.25) is 0 Å². The Morgan fingerprint density at radius 2 is 2.05 bits per heavy atom. The third kappa shape index (κ3) is 3.14. The summed E-state index contributed by atoms with van der Waals surface area (Å²) in [7, 11) is 3.19. The number of hydrogen-bond donors (Lipinski definition) is 1. The van der Waals surface area contributed by atoms with Crippen molar-refractivity contribution in [1.29, 1.82) is 0 Å². The van der Waals surface area contributed by atoms with Gasteiger partial charge in [-0.25, -0.2) is 9.97 Å². The van der Waals surface area contributed by atoms with Crippen molar-refractivity contribution in [2.75, 3.05) is 39.8 Å². The minimum Gasteiger partial charge on any atom is -0.479 e. The summed E-state index contributed by atoms with van der Waals surface area (Å²) >= 11 is 0. The maximum Gasteiger partial charge on any atom is 0.245 e. The monoisotopic (exact) mass is 281 g/mol. The summed E-state index contributed by atoms with van der Waals surface area (Å²) in [6.07, 6.45) is 2.25. The quantitative estimate of drug-likeness (QED) is 0.702. The molecule has 20 heavy (non-hydrogen) atoms. The molecule has 8 heteroatoms. The first kappa shape index (κ1) is 14.5. The lowest BCUT2D eigenvalue weighted by atomic mass is 10.4. The Morgan fingerprint density at radius 1 is 1.20 bits per heavy atom. The van der Waals surface area contributed by atoms with Crippen LogP contribution in [0.3, 0.4) is 0 Å². The number of aromatic nitrogens is 4. The first-order valence-electron chi connectivity index (χ1n) is 6.35. The van der Waals surface area contributed by atoms with Crippen LogP contribution in [-0.4, -0.2) is 53.6 Å². The maximum atomic E-state index is 5.91. The number of imidazole rings is 1. The van der Waals surface area contributed by atoms with Crippen molar-refractivity contribution in [3.63, 3.8) is 0 Å². The van der Waals surface area contributed by atoms with Crippen LogP contribution in [0.4, 0.5) is 5.95 Å². The van der Waals surface area contributed by atoms with Gasteiger partial charge in [0.1, 0.15) is 6.33 Å². The zero-order valence-corrected chi connectivity index (χ0v) is 11.7. The Kier molecular flexibility index (Phi) is 5.08. The van der Waals surface area contributed by atoms with Gasteiger partial charge < -0.3 is 19.9 Å². The van der Waals surface area contributed by atoms with E-state index in [0.29, 0.717) is 49.4 Å². The maximum absolute atomic E-state index is 5.91. The molecule has 0 radical (unpaired) electrons. The van der Waals surface area contributed by atoms with Crippen molar-refractivity contribution in [2.24, 2.45) is 0 Å². The van der Waals surface area contributed by atoms with E-state index in [1.807, 2.05) is 4.57 Å². The van der Waals surface area contributed by atoms with Crippen LogP contribution >= 0.6 is 0 Å². The average Bonchev–Trinajstić information content (AvgIpc) is 2.78. The topological polar surface area (TPSA) is 97.3 Å². The Bertz CT molecular complexity index is 557. The molecule has 0 amide bonds. The molecule has 0 aliphatic carbocycles. The van der Waals surface area contributed by atoms with E-state index in [4.69, 9.17) is 19.9 Å². The van der Waals surface area contributed by atoms with Gasteiger partial charge in [-0.15, -0.1) is 0 Å². The van der Waals surface area contributed by atoms with Crippen molar-refractivity contribution >= 4 is 17.1 Å². The van der Waals surface area contributed by atoms with E-state index >= 15 is 0 Å². The molecule has 0 spiro atoms. The van der Waals surface area contributed by atoms with Gasteiger partial charge in [0.25, 0.3) is 0 Å². The van der Waals surface area contributed by atoms with E-state index in [1.165, 1.54) is 6.33 Å². The molecule has 0 unspecified atom stereocenters. The number of fused-ring (bicyclic) bond motifs is 1. The van der Waals surface area contributed by atoms with Crippen LogP contribution in [0.1, 0.15) is 6.42 Å². The van der Waals surface area contributed by atoms with Crippen LogP contribution in [0, 0.1) is 0 Å². The highest BCUT2D eigenvalue weighted by molar-refractivity contribution is 5.78. The highest BCUT2D eigenvalue weighted by Gasteiger charge is 2.13. The van der Waals surface area contributed by atoms with Crippen molar-refractivity contribution in [2.45, 2.75) is 13.0 Å². The molecule has 0 aromatic carbocycles. The third-order valence-corrected chi connectivity index (χ3v) is 2.82. The standard InChI is InChI=1S/C12H19N5O3/c1-18-6-7-20-5-3-4-17-10-9(16-12(17)13)11(19-2)15-8-14-10/h8H,3-7H2,1-2H3,(H2,13,16). The Labute approximate surface area is 116 Å². The number of aryl methyl sites for hydroxylation is 1. The van der Waals surface area contributed by atoms with Crippen LogP contribution in [0.5, 0.6) is 5.88 Å². The fourth-order valence-corrected chi connectivity index (χ4v) is 1.87. The zero-order chi connectivity index (χ0) is 14.4. The van der Waals surface area contributed by atoms with E-state index < -0.39 is 0 Å². The average molecular weight is 281 g/mol. The minimum atomic E-state index is 0.399. The molecule has 0 saturated heterocycles. The fraction of sp³-hybridized carbons (Fsp3) is 0.583. The lowest BCUT2D eigenvalue weighted by Crippen LogP contribution is -2.08. The molecule has 2 heterocycles. The van der Waals surface area contributed by atoms with Gasteiger partial charge in [-0.1, -0.05) is 0 Å². The van der Waals surface area contributed by atoms with Crippen molar-refractivity contribution in [3.05, 3.63) is 6.33 Å². The van der Waals surface area contributed by atoms with Crippen LogP contribution in [0.15, 0.2) is 6.33 Å². The van der Waals surface area contributed by atoms with Crippen molar-refractivity contribution < 1.29 is 14.2 Å². The summed E-state index contributed by atoms with van der Waals surface area (Å²) in [6, 6.07) is 0. The van der Waals surface area contributed by atoms with E-state index in [2.05, 4.69) is 15.0 Å². The summed E-state index contributed by atoms with van der Waals surface area (Å²) in [5.41, 5.74) is 7.16. The number of nitrogens with zero attached hydrogens (tertiary/aromatic N) is 4. The molecule has 2 aromatic rings. The first-order chi connectivity index (χ1) is 9.77. The lowest BCUT2D eigenvalue weighted by molar-refractivity contribution is 0.0681. The molecular weight excluding hydrogens is 262 g/mol. The molecule has 0 bridgehead atoms. The normalized spacial score (nSPS) is 11.1. The summed E-state index contributed by atoms with van der Waals surface area (Å²) in [5, 5.41) is 0. The molecule has 2 N–H and O–H groups in total. The van der Waals surface area contributed by atoms with Gasteiger partial charge in [0.15, 0.2) is 11.2 Å². The number of nitrogen functional groups attached to an aromatic ring is 1. The molecule has 110 valence electrons. The summed E-state index contributed by atoms with van der Waals surface area (Å²) < 4.78 is 17.3. The second kappa shape index (κ2) is 7.01. The van der Waals surface area contributed by atoms with Crippen molar-refractivity contribution in [3.8, 4) is 5.88 Å². The van der Waals surface area contributed by atoms with Gasteiger partial charge in [-0.3, -0.25) is 4.57 Å². The first-order valence-corrected chi connectivity index (χ1v) is 6.35. The van der Waals surface area contributed by atoms with E-state index in [9.17, 15) is 0 Å². The van der Waals surface area contributed by atoms with E-state index in [-0.39, 0.29) is 0 Å². The largest absolute Gasteiger partial charge is 0.479 e. The van der Waals surface area contributed by atoms with Crippen LogP contribution in [0.25, 0.3) is 11.2 Å². The van der Waals surface area contributed by atoms with E-state index in [0.717, 1.165) is 6.42 Å².